The fourth-order valence-electron chi connectivity index (χ4n) is 5.64. The monoisotopic (exact) mass is 606 g/mol. The quantitative estimate of drug-likeness (QED) is 0.174. The summed E-state index contributed by atoms with van der Waals surface area (Å²) in [5.74, 6) is 1.80. The van der Waals surface area contributed by atoms with Crippen LogP contribution >= 0.6 is 0 Å². The molecule has 3 aromatic carbocycles. The number of amides is 1. The number of nitrogens with two attached hydrogens (primary N) is 1. The summed E-state index contributed by atoms with van der Waals surface area (Å²) < 4.78 is 24.9. The number of hydrogen-bond donors (Lipinski definition) is 3. The number of carbonyl (C=O) groups excluding carboxylic acids is 1. The first-order valence-electron chi connectivity index (χ1n) is 14.9. The van der Waals surface area contributed by atoms with Crippen molar-refractivity contribution >= 4 is 14.5 Å². The van der Waals surface area contributed by atoms with Gasteiger partial charge < -0.3 is 34.5 Å². The maximum atomic E-state index is 11.6. The van der Waals surface area contributed by atoms with Gasteiger partial charge in [0.25, 0.3) is 0 Å². The third-order valence-corrected chi connectivity index (χ3v) is 12.7. The van der Waals surface area contributed by atoms with Gasteiger partial charge in [0.15, 0.2) is 0 Å². The molecule has 0 aliphatic carbocycles. The Bertz CT molecular complexity index is 1370. The summed E-state index contributed by atoms with van der Waals surface area (Å²) in [6.45, 7) is 15.3. The van der Waals surface area contributed by atoms with Crippen molar-refractivity contribution in [2.75, 3.05) is 19.7 Å². The normalized spacial score (nSPS) is 15.2. The van der Waals surface area contributed by atoms with E-state index in [2.05, 4.69) is 46.9 Å². The zero-order valence-electron chi connectivity index (χ0n) is 26.2. The molecule has 0 aromatic heterocycles. The molecular weight excluding hydrogens is 560 g/mol. The fraction of sp³-hybridized carbons (Fsp3) is 0.441. The van der Waals surface area contributed by atoms with Crippen LogP contribution in [-0.4, -0.2) is 45.4 Å². The Morgan fingerprint density at radius 3 is 2.33 bits per heavy atom. The van der Waals surface area contributed by atoms with Gasteiger partial charge in [-0.25, -0.2) is 0 Å². The first-order valence-corrected chi connectivity index (χ1v) is 16.7. The predicted octanol–water partition coefficient (Wildman–Crippen LogP) is 5.89. The number of primary amides is 1. The van der Waals surface area contributed by atoms with Gasteiger partial charge in [0.05, 0.1) is 6.61 Å². The number of nitrogens with one attached hydrogen (secondary N) is 1. The topological polar surface area (TPSA) is 112 Å². The van der Waals surface area contributed by atoms with Crippen molar-refractivity contribution in [3.63, 3.8) is 0 Å². The van der Waals surface area contributed by atoms with Crippen molar-refractivity contribution in [1.82, 2.24) is 5.32 Å². The maximum Gasteiger partial charge on any atom is 0.410 e. The smallest absolute Gasteiger partial charge is 0.410 e. The van der Waals surface area contributed by atoms with Crippen LogP contribution in [0.15, 0.2) is 66.7 Å². The van der Waals surface area contributed by atoms with E-state index in [1.54, 1.807) is 12.1 Å². The largest absolute Gasteiger partial charge is 0.519 e. The van der Waals surface area contributed by atoms with Crippen LogP contribution in [0.3, 0.4) is 0 Å². The highest BCUT2D eigenvalue weighted by molar-refractivity contribution is 6.74. The molecule has 0 bridgehead atoms. The van der Waals surface area contributed by atoms with Crippen molar-refractivity contribution in [3.8, 4) is 17.2 Å². The van der Waals surface area contributed by atoms with E-state index in [0.29, 0.717) is 36.8 Å². The van der Waals surface area contributed by atoms with Crippen molar-refractivity contribution < 1.29 is 28.2 Å². The highest BCUT2D eigenvalue weighted by atomic mass is 28.4. The number of ether oxygens (including phenoxy) is 2. The molecule has 0 fully saturated rings. The molecule has 9 heteroatoms. The number of carbonyl (C=O) groups is 1. The molecular formula is C34H46N2O6Si. The lowest BCUT2D eigenvalue weighted by atomic mass is 10.1. The van der Waals surface area contributed by atoms with E-state index in [1.165, 1.54) is 0 Å². The highest BCUT2D eigenvalue weighted by Crippen LogP contribution is 2.54. The summed E-state index contributed by atoms with van der Waals surface area (Å²) in [6.07, 6.45) is 0.154. The zero-order chi connectivity index (χ0) is 31.3. The van der Waals surface area contributed by atoms with Gasteiger partial charge in [-0.15, -0.1) is 0 Å². The van der Waals surface area contributed by atoms with Gasteiger partial charge in [-0.3, -0.25) is 4.79 Å². The number of hydrogen-bond acceptors (Lipinski definition) is 7. The summed E-state index contributed by atoms with van der Waals surface area (Å²) in [6, 6.07) is 20.8. The van der Waals surface area contributed by atoms with E-state index in [9.17, 15) is 9.90 Å². The zero-order valence-corrected chi connectivity index (χ0v) is 27.2. The summed E-state index contributed by atoms with van der Waals surface area (Å²) in [5.41, 5.74) is 8.78. The Balaban J connectivity index is 1.18. The van der Waals surface area contributed by atoms with Crippen LogP contribution in [-0.2, 0) is 24.1 Å². The van der Waals surface area contributed by atoms with Crippen LogP contribution < -0.4 is 25.0 Å². The molecule has 43 heavy (non-hydrogen) atoms. The molecule has 3 aromatic rings. The Labute approximate surface area is 256 Å². The van der Waals surface area contributed by atoms with E-state index in [1.807, 2.05) is 54.6 Å². The van der Waals surface area contributed by atoms with Gasteiger partial charge in [0.1, 0.15) is 36.6 Å². The van der Waals surface area contributed by atoms with Crippen molar-refractivity contribution in [2.24, 2.45) is 5.73 Å². The molecule has 1 amide bonds. The minimum Gasteiger partial charge on any atom is -0.519 e. The molecule has 1 atom stereocenters. The van der Waals surface area contributed by atoms with Gasteiger partial charge in [0, 0.05) is 33.3 Å². The summed E-state index contributed by atoms with van der Waals surface area (Å²) >= 11 is 0. The SMILES string of the molecule is CC(C)(C)[Si]1(C(C)(C)C)OCc2cc(OC[C@@H](O)CNCCc3ccc(OCc4ccccc4C(N)=O)cc3)ccc2O1. The fourth-order valence-corrected chi connectivity index (χ4v) is 10.3. The first-order chi connectivity index (χ1) is 20.3. The van der Waals surface area contributed by atoms with Crippen molar-refractivity contribution in [2.45, 2.75) is 77.4 Å². The molecule has 0 saturated carbocycles. The van der Waals surface area contributed by atoms with Crippen LogP contribution in [0.5, 0.6) is 17.2 Å². The van der Waals surface area contributed by atoms with Crippen LogP contribution in [0.4, 0.5) is 0 Å². The van der Waals surface area contributed by atoms with E-state index in [4.69, 9.17) is 24.1 Å². The predicted molar refractivity (Wildman–Crippen MR) is 171 cm³/mol. The summed E-state index contributed by atoms with van der Waals surface area (Å²) in [5, 5.41) is 13.6. The molecule has 8 nitrogen and oxygen atoms in total. The molecule has 0 radical (unpaired) electrons. The van der Waals surface area contributed by atoms with Crippen molar-refractivity contribution in [3.05, 3.63) is 89.0 Å². The van der Waals surface area contributed by atoms with Gasteiger partial charge in [0.2, 0.25) is 5.91 Å². The Morgan fingerprint density at radius 2 is 1.65 bits per heavy atom. The molecule has 4 N–H and O–H groups in total. The van der Waals surface area contributed by atoms with Crippen LogP contribution in [0, 0.1) is 0 Å². The van der Waals surface area contributed by atoms with E-state index in [0.717, 1.165) is 28.9 Å². The van der Waals surface area contributed by atoms with E-state index in [-0.39, 0.29) is 23.3 Å². The highest BCUT2D eigenvalue weighted by Gasteiger charge is 2.61. The maximum absolute atomic E-state index is 11.6. The van der Waals surface area contributed by atoms with Gasteiger partial charge in [-0.2, -0.15) is 0 Å². The molecule has 1 aliphatic heterocycles. The third-order valence-electron chi connectivity index (χ3n) is 7.70. The average Bonchev–Trinajstić information content (AvgIpc) is 2.96. The number of aliphatic hydroxyl groups is 1. The molecule has 1 heterocycles. The molecule has 0 spiro atoms. The van der Waals surface area contributed by atoms with Crippen LogP contribution in [0.2, 0.25) is 10.1 Å². The van der Waals surface area contributed by atoms with Crippen LogP contribution in [0.1, 0.15) is 68.6 Å². The second-order valence-electron chi connectivity index (χ2n) is 13.1. The molecule has 1 aliphatic rings. The molecule has 0 saturated heterocycles. The van der Waals surface area contributed by atoms with Crippen LogP contribution in [0.25, 0.3) is 0 Å². The molecule has 232 valence electrons. The van der Waals surface area contributed by atoms with E-state index >= 15 is 0 Å². The van der Waals surface area contributed by atoms with Gasteiger partial charge in [-0.1, -0.05) is 71.9 Å². The number of fused-ring (bicyclic) bond motifs is 1. The summed E-state index contributed by atoms with van der Waals surface area (Å²) in [4.78, 5) is 11.6. The summed E-state index contributed by atoms with van der Waals surface area (Å²) in [7, 11) is -2.57. The standard InChI is InChI=1S/C34H46N2O6Si/c1-33(2,3)43(34(4,5)6)41-22-26-19-29(15-16-31(26)42-43)40-23-27(37)20-36-18-17-24-11-13-28(14-12-24)39-21-25-9-7-8-10-30(25)32(35)38/h7-16,19,27,36-37H,17-18,20-23H2,1-6H3,(H2,35,38)/t27-/m0/s1. The lowest BCUT2D eigenvalue weighted by Crippen LogP contribution is -2.61. The Morgan fingerprint density at radius 1 is 0.977 bits per heavy atom. The van der Waals surface area contributed by atoms with E-state index < -0.39 is 20.6 Å². The minimum absolute atomic E-state index is 0.0887. The number of rotatable bonds is 12. The molecule has 0 unspecified atom stereocenters. The minimum atomic E-state index is -2.57. The third kappa shape index (κ3) is 7.97. The van der Waals surface area contributed by atoms with Crippen molar-refractivity contribution in [1.29, 1.82) is 0 Å². The number of aliphatic hydroxyl groups excluding tert-OH is 1. The first kappa shape index (κ1) is 32.5. The molecule has 4 rings (SSSR count). The van der Waals surface area contributed by atoms with Gasteiger partial charge in [-0.05, 0) is 54.9 Å². The second-order valence-corrected chi connectivity index (χ2v) is 17.9. The Hall–Kier alpha value is -3.37. The Kier molecular flexibility index (Phi) is 10.2. The lowest BCUT2D eigenvalue weighted by molar-refractivity contribution is 0.0997. The second kappa shape index (κ2) is 13.5. The average molecular weight is 607 g/mol. The van der Waals surface area contributed by atoms with Gasteiger partial charge >= 0.3 is 8.56 Å². The lowest BCUT2D eigenvalue weighted by Gasteiger charge is -2.50. The number of benzene rings is 3.